The summed E-state index contributed by atoms with van der Waals surface area (Å²) in [5, 5.41) is 3.42. The van der Waals surface area contributed by atoms with Crippen LogP contribution in [0.5, 0.6) is 0 Å². The Hall–Kier alpha value is -0.0600. The predicted molar refractivity (Wildman–Crippen MR) is 70.7 cm³/mol. The van der Waals surface area contributed by atoms with Crippen LogP contribution in [0.15, 0.2) is 5.38 Å². The van der Waals surface area contributed by atoms with E-state index in [1.54, 1.807) is 11.3 Å². The third kappa shape index (κ3) is 4.13. The second kappa shape index (κ2) is 7.25. The third-order valence-electron chi connectivity index (χ3n) is 2.34. The van der Waals surface area contributed by atoms with Gasteiger partial charge < -0.3 is 5.73 Å². The van der Waals surface area contributed by atoms with Crippen molar-refractivity contribution < 1.29 is 0 Å². The summed E-state index contributed by atoms with van der Waals surface area (Å²) in [4.78, 5) is 4.66. The molecule has 0 fully saturated rings. The van der Waals surface area contributed by atoms with E-state index < -0.39 is 0 Å². The second-order valence-electron chi connectivity index (χ2n) is 3.52. The molecule has 0 radical (unpaired) electrons. The zero-order valence-corrected chi connectivity index (χ0v) is 11.2. The lowest BCUT2D eigenvalue weighted by Crippen LogP contribution is -2.12. The molecule has 0 bridgehead atoms. The van der Waals surface area contributed by atoms with Crippen molar-refractivity contribution in [1.82, 2.24) is 4.98 Å². The molecule has 86 valence electrons. The lowest BCUT2D eigenvalue weighted by Gasteiger charge is -2.09. The molecule has 0 spiro atoms. The number of nitrogens with two attached hydrogens (primary N) is 1. The van der Waals surface area contributed by atoms with Gasteiger partial charge in [0.15, 0.2) is 0 Å². The van der Waals surface area contributed by atoms with Crippen molar-refractivity contribution in [3.05, 3.63) is 16.1 Å². The van der Waals surface area contributed by atoms with Crippen LogP contribution >= 0.6 is 23.1 Å². The first-order valence-corrected chi connectivity index (χ1v) is 7.57. The van der Waals surface area contributed by atoms with Gasteiger partial charge in [-0.25, -0.2) is 4.98 Å². The van der Waals surface area contributed by atoms with E-state index in [1.165, 1.54) is 17.1 Å². The Labute approximate surface area is 101 Å². The summed E-state index contributed by atoms with van der Waals surface area (Å²) >= 11 is 3.70. The van der Waals surface area contributed by atoms with E-state index in [4.69, 9.17) is 5.73 Å². The van der Waals surface area contributed by atoms with E-state index >= 15 is 0 Å². The molecule has 0 aromatic carbocycles. The van der Waals surface area contributed by atoms with Crippen molar-refractivity contribution in [2.45, 2.75) is 38.4 Å². The van der Waals surface area contributed by atoms with Crippen LogP contribution in [-0.4, -0.2) is 17.3 Å². The number of thiazole rings is 1. The Kier molecular flexibility index (Phi) is 6.29. The Morgan fingerprint density at radius 2 is 2.33 bits per heavy atom. The minimum absolute atomic E-state index is 0.464. The van der Waals surface area contributed by atoms with Crippen LogP contribution in [-0.2, 0) is 5.75 Å². The van der Waals surface area contributed by atoms with Gasteiger partial charge in [0.25, 0.3) is 0 Å². The van der Waals surface area contributed by atoms with Crippen LogP contribution in [0, 0.1) is 0 Å². The summed E-state index contributed by atoms with van der Waals surface area (Å²) in [6.07, 6.45) is 2.33. The minimum atomic E-state index is 0.464. The van der Waals surface area contributed by atoms with Gasteiger partial charge in [0, 0.05) is 23.6 Å². The third-order valence-corrected chi connectivity index (χ3v) is 4.27. The molecule has 0 saturated heterocycles. The van der Waals surface area contributed by atoms with Gasteiger partial charge in [-0.1, -0.05) is 20.3 Å². The Bertz CT molecular complexity index is 273. The standard InChI is InChI=1S/C11H20N2S2/c1-3-5-9(6-12)10-7-15-11(13-10)8-14-4-2/h7,9H,3-6,8,12H2,1-2H3. The van der Waals surface area contributed by atoms with Crippen molar-refractivity contribution in [1.29, 1.82) is 0 Å². The first kappa shape index (κ1) is 13.0. The van der Waals surface area contributed by atoms with Gasteiger partial charge in [0.05, 0.1) is 5.69 Å². The predicted octanol–water partition coefficient (Wildman–Crippen LogP) is 3.24. The highest BCUT2D eigenvalue weighted by Gasteiger charge is 2.12. The van der Waals surface area contributed by atoms with Crippen LogP contribution < -0.4 is 5.73 Å². The SMILES string of the molecule is CCCC(CN)c1csc(CSCC)n1. The molecule has 1 atom stereocenters. The van der Waals surface area contributed by atoms with Crippen LogP contribution in [0.1, 0.15) is 43.3 Å². The fourth-order valence-electron chi connectivity index (χ4n) is 1.50. The molecule has 0 saturated carbocycles. The first-order chi connectivity index (χ1) is 7.31. The number of hydrogen-bond acceptors (Lipinski definition) is 4. The second-order valence-corrected chi connectivity index (χ2v) is 5.74. The first-order valence-electron chi connectivity index (χ1n) is 5.53. The molecule has 2 N–H and O–H groups in total. The van der Waals surface area contributed by atoms with E-state index in [0.717, 1.165) is 24.5 Å². The molecule has 0 aliphatic carbocycles. The minimum Gasteiger partial charge on any atom is -0.330 e. The van der Waals surface area contributed by atoms with Gasteiger partial charge in [-0.2, -0.15) is 11.8 Å². The maximum absolute atomic E-state index is 5.76. The number of nitrogens with zero attached hydrogens (tertiary/aromatic N) is 1. The maximum Gasteiger partial charge on any atom is 0.103 e. The molecule has 1 aromatic heterocycles. The zero-order valence-electron chi connectivity index (χ0n) is 9.53. The van der Waals surface area contributed by atoms with Crippen molar-refractivity contribution in [3.63, 3.8) is 0 Å². The number of rotatable bonds is 7. The summed E-state index contributed by atoms with van der Waals surface area (Å²) in [6, 6.07) is 0. The quantitative estimate of drug-likeness (QED) is 0.800. The molecular formula is C11H20N2S2. The summed E-state index contributed by atoms with van der Waals surface area (Å²) in [6.45, 7) is 5.10. The fraction of sp³-hybridized carbons (Fsp3) is 0.727. The Morgan fingerprint density at radius 3 is 2.93 bits per heavy atom. The summed E-state index contributed by atoms with van der Waals surface area (Å²) in [5.74, 6) is 2.67. The average molecular weight is 244 g/mol. The molecule has 1 heterocycles. The lowest BCUT2D eigenvalue weighted by atomic mass is 10.0. The summed E-state index contributed by atoms with van der Waals surface area (Å²) < 4.78 is 0. The zero-order chi connectivity index (χ0) is 11.1. The van der Waals surface area contributed by atoms with E-state index in [0.29, 0.717) is 5.92 Å². The largest absolute Gasteiger partial charge is 0.330 e. The molecule has 4 heteroatoms. The van der Waals surface area contributed by atoms with Gasteiger partial charge in [0.1, 0.15) is 5.01 Å². The summed E-state index contributed by atoms with van der Waals surface area (Å²) in [5.41, 5.74) is 6.96. The Morgan fingerprint density at radius 1 is 1.53 bits per heavy atom. The van der Waals surface area contributed by atoms with Crippen LogP contribution in [0.2, 0.25) is 0 Å². The summed E-state index contributed by atoms with van der Waals surface area (Å²) in [7, 11) is 0. The average Bonchev–Trinajstić information content (AvgIpc) is 2.71. The van der Waals surface area contributed by atoms with Gasteiger partial charge >= 0.3 is 0 Å². The molecule has 0 aliphatic rings. The fourth-order valence-corrected chi connectivity index (χ4v) is 3.13. The molecular weight excluding hydrogens is 224 g/mol. The smallest absolute Gasteiger partial charge is 0.103 e. The van der Waals surface area contributed by atoms with E-state index in [9.17, 15) is 0 Å². The maximum atomic E-state index is 5.76. The topological polar surface area (TPSA) is 38.9 Å². The lowest BCUT2D eigenvalue weighted by molar-refractivity contribution is 0.609. The molecule has 0 amide bonds. The van der Waals surface area contributed by atoms with E-state index in [2.05, 4.69) is 24.2 Å². The molecule has 1 rings (SSSR count). The van der Waals surface area contributed by atoms with E-state index in [1.807, 2.05) is 11.8 Å². The van der Waals surface area contributed by atoms with Gasteiger partial charge in [0.2, 0.25) is 0 Å². The van der Waals surface area contributed by atoms with Gasteiger partial charge in [-0.15, -0.1) is 11.3 Å². The van der Waals surface area contributed by atoms with Crippen molar-refractivity contribution in [2.24, 2.45) is 5.73 Å². The normalized spacial score (nSPS) is 13.0. The highest BCUT2D eigenvalue weighted by atomic mass is 32.2. The van der Waals surface area contributed by atoms with Crippen LogP contribution in [0.3, 0.4) is 0 Å². The van der Waals surface area contributed by atoms with Crippen molar-refractivity contribution in [3.8, 4) is 0 Å². The van der Waals surface area contributed by atoms with Crippen LogP contribution in [0.25, 0.3) is 0 Å². The number of thioether (sulfide) groups is 1. The van der Waals surface area contributed by atoms with Crippen LogP contribution in [0.4, 0.5) is 0 Å². The van der Waals surface area contributed by atoms with Crippen molar-refractivity contribution in [2.75, 3.05) is 12.3 Å². The molecule has 1 unspecified atom stereocenters. The van der Waals surface area contributed by atoms with E-state index in [-0.39, 0.29) is 0 Å². The molecule has 15 heavy (non-hydrogen) atoms. The van der Waals surface area contributed by atoms with Crippen molar-refractivity contribution >= 4 is 23.1 Å². The molecule has 2 nitrogen and oxygen atoms in total. The highest BCUT2D eigenvalue weighted by Crippen LogP contribution is 2.24. The molecule has 1 aromatic rings. The number of aromatic nitrogens is 1. The number of hydrogen-bond donors (Lipinski definition) is 1. The molecule has 0 aliphatic heterocycles. The highest BCUT2D eigenvalue weighted by molar-refractivity contribution is 7.98. The van der Waals surface area contributed by atoms with Gasteiger partial charge in [-0.3, -0.25) is 0 Å². The monoisotopic (exact) mass is 244 g/mol. The van der Waals surface area contributed by atoms with Gasteiger partial charge in [-0.05, 0) is 12.2 Å². The Balaban J connectivity index is 2.56.